The van der Waals surface area contributed by atoms with Gasteiger partial charge in [-0.25, -0.2) is 4.79 Å². The molecule has 0 radical (unpaired) electrons. The van der Waals surface area contributed by atoms with Gasteiger partial charge in [0.15, 0.2) is 0 Å². The maximum absolute atomic E-state index is 11.1. The first kappa shape index (κ1) is 11.9. The van der Waals surface area contributed by atoms with Gasteiger partial charge >= 0.3 is 6.09 Å². The Balaban J connectivity index is 2.20. The zero-order valence-corrected chi connectivity index (χ0v) is 9.37. The molecule has 0 saturated carbocycles. The third kappa shape index (κ3) is 2.57. The molecule has 0 spiro atoms. The molecule has 17 heavy (non-hydrogen) atoms. The van der Waals surface area contributed by atoms with Crippen LogP contribution in [0.3, 0.4) is 0 Å². The number of hydrogen-bond donors (Lipinski definition) is 2. The molecule has 1 aromatic carbocycles. The van der Waals surface area contributed by atoms with E-state index in [0.717, 1.165) is 11.1 Å². The zero-order valence-electron chi connectivity index (χ0n) is 9.37. The summed E-state index contributed by atoms with van der Waals surface area (Å²) in [5, 5.41) is 18.1. The van der Waals surface area contributed by atoms with Crippen LogP contribution in [0.4, 0.5) is 4.79 Å². The van der Waals surface area contributed by atoms with Crippen molar-refractivity contribution in [3.63, 3.8) is 0 Å². The van der Waals surface area contributed by atoms with Gasteiger partial charge in [-0.15, -0.1) is 0 Å². The van der Waals surface area contributed by atoms with Crippen LogP contribution in [-0.2, 0) is 11.3 Å². The first-order chi connectivity index (χ1) is 8.22. The Morgan fingerprint density at radius 2 is 2.12 bits per heavy atom. The Kier molecular flexibility index (Phi) is 3.61. The number of rotatable bonds is 2. The van der Waals surface area contributed by atoms with Crippen LogP contribution >= 0.6 is 0 Å². The smallest absolute Gasteiger partial charge is 0.407 e. The summed E-state index contributed by atoms with van der Waals surface area (Å²) < 4.78 is 5.32. The normalized spacial score (nSPS) is 20.3. The fourth-order valence-corrected chi connectivity index (χ4v) is 1.95. The summed E-state index contributed by atoms with van der Waals surface area (Å²) >= 11 is 0. The van der Waals surface area contributed by atoms with Crippen LogP contribution in [0.1, 0.15) is 17.2 Å². The highest BCUT2D eigenvalue weighted by Gasteiger charge is 2.28. The predicted octanol–water partition coefficient (Wildman–Crippen LogP) is 1.23. The molecular formula is C12H15NO4. The summed E-state index contributed by atoms with van der Waals surface area (Å²) in [5.74, 6) is 0. The fraction of sp³-hybridized carbons (Fsp3) is 0.417. The van der Waals surface area contributed by atoms with Crippen molar-refractivity contribution in [1.29, 1.82) is 0 Å². The van der Waals surface area contributed by atoms with Gasteiger partial charge in [0.1, 0.15) is 0 Å². The molecule has 1 amide bonds. The molecular weight excluding hydrogens is 222 g/mol. The van der Waals surface area contributed by atoms with E-state index in [1.807, 2.05) is 12.1 Å². The molecule has 0 aliphatic carbocycles. The minimum Gasteiger partial charge on any atom is -0.465 e. The van der Waals surface area contributed by atoms with Gasteiger partial charge < -0.3 is 14.9 Å². The second-order valence-corrected chi connectivity index (χ2v) is 3.97. The summed E-state index contributed by atoms with van der Waals surface area (Å²) in [5.41, 5.74) is 1.71. The number of benzene rings is 1. The average molecular weight is 237 g/mol. The molecule has 2 rings (SSSR count). The summed E-state index contributed by atoms with van der Waals surface area (Å²) in [6.07, 6.45) is -0.926. The lowest BCUT2D eigenvalue weighted by molar-refractivity contribution is -0.000905. The molecule has 1 saturated heterocycles. The Bertz CT molecular complexity index is 390. The van der Waals surface area contributed by atoms with E-state index in [9.17, 15) is 4.79 Å². The number of aliphatic hydroxyl groups is 1. The number of carbonyl (C=O) groups is 1. The molecule has 0 unspecified atom stereocenters. The largest absolute Gasteiger partial charge is 0.465 e. The van der Waals surface area contributed by atoms with Gasteiger partial charge in [-0.1, -0.05) is 24.3 Å². The van der Waals surface area contributed by atoms with Crippen LogP contribution in [0, 0.1) is 0 Å². The highest BCUT2D eigenvalue weighted by Crippen LogP contribution is 2.24. The molecule has 1 aliphatic heterocycles. The van der Waals surface area contributed by atoms with Crippen molar-refractivity contribution < 1.29 is 19.7 Å². The van der Waals surface area contributed by atoms with E-state index < -0.39 is 6.09 Å². The van der Waals surface area contributed by atoms with E-state index in [4.69, 9.17) is 14.9 Å². The van der Waals surface area contributed by atoms with Crippen LogP contribution < -0.4 is 0 Å². The monoisotopic (exact) mass is 237 g/mol. The van der Waals surface area contributed by atoms with Gasteiger partial charge in [0, 0.05) is 6.54 Å². The summed E-state index contributed by atoms with van der Waals surface area (Å²) in [6.45, 7) is 1.20. The van der Waals surface area contributed by atoms with Gasteiger partial charge in [-0.2, -0.15) is 0 Å². The minimum absolute atomic E-state index is 0.00983. The third-order valence-electron chi connectivity index (χ3n) is 2.92. The average Bonchev–Trinajstić information content (AvgIpc) is 2.39. The summed E-state index contributed by atoms with van der Waals surface area (Å²) in [6, 6.07) is 7.00. The van der Waals surface area contributed by atoms with Crippen molar-refractivity contribution in [3.8, 4) is 0 Å². The van der Waals surface area contributed by atoms with Gasteiger partial charge in [0.25, 0.3) is 0 Å². The van der Waals surface area contributed by atoms with Crippen LogP contribution in [0.25, 0.3) is 0 Å². The highest BCUT2D eigenvalue weighted by atomic mass is 16.5. The van der Waals surface area contributed by atoms with E-state index in [0.29, 0.717) is 19.8 Å². The van der Waals surface area contributed by atoms with Crippen LogP contribution in [0.5, 0.6) is 0 Å². The van der Waals surface area contributed by atoms with E-state index in [-0.39, 0.29) is 12.6 Å². The second kappa shape index (κ2) is 5.16. The van der Waals surface area contributed by atoms with Crippen LogP contribution in [0.2, 0.25) is 0 Å². The highest BCUT2D eigenvalue weighted by molar-refractivity contribution is 5.66. The van der Waals surface area contributed by atoms with Crippen molar-refractivity contribution in [2.75, 3.05) is 19.8 Å². The molecule has 92 valence electrons. The van der Waals surface area contributed by atoms with Crippen molar-refractivity contribution in [1.82, 2.24) is 4.90 Å². The topological polar surface area (TPSA) is 70.0 Å². The zero-order chi connectivity index (χ0) is 12.3. The SMILES string of the molecule is O=C(O)N1CCOC[C@H]1c1ccc(CO)cc1. The minimum atomic E-state index is -0.926. The molecule has 1 fully saturated rings. The quantitative estimate of drug-likeness (QED) is 0.811. The molecule has 5 heteroatoms. The van der Waals surface area contributed by atoms with Crippen LogP contribution in [-0.4, -0.2) is 41.0 Å². The lowest BCUT2D eigenvalue weighted by Crippen LogP contribution is -2.42. The third-order valence-corrected chi connectivity index (χ3v) is 2.92. The number of ether oxygens (including phenoxy) is 1. The first-order valence-corrected chi connectivity index (χ1v) is 5.49. The van der Waals surface area contributed by atoms with Crippen molar-refractivity contribution in [2.24, 2.45) is 0 Å². The number of carboxylic acid groups (broad SMARTS) is 1. The maximum atomic E-state index is 11.1. The van der Waals surface area contributed by atoms with Crippen molar-refractivity contribution in [2.45, 2.75) is 12.6 Å². The Morgan fingerprint density at radius 3 is 2.71 bits per heavy atom. The summed E-state index contributed by atoms with van der Waals surface area (Å²) in [4.78, 5) is 12.5. The maximum Gasteiger partial charge on any atom is 0.407 e. The van der Waals surface area contributed by atoms with E-state index in [1.54, 1.807) is 12.1 Å². The number of amides is 1. The molecule has 1 atom stereocenters. The summed E-state index contributed by atoms with van der Waals surface area (Å²) in [7, 11) is 0. The van der Waals surface area contributed by atoms with Gasteiger partial charge in [0.2, 0.25) is 0 Å². The van der Waals surface area contributed by atoms with Crippen molar-refractivity contribution >= 4 is 6.09 Å². The Morgan fingerprint density at radius 1 is 1.41 bits per heavy atom. The van der Waals surface area contributed by atoms with Gasteiger partial charge in [0.05, 0.1) is 25.9 Å². The van der Waals surface area contributed by atoms with Crippen molar-refractivity contribution in [3.05, 3.63) is 35.4 Å². The van der Waals surface area contributed by atoms with E-state index in [1.165, 1.54) is 4.90 Å². The molecule has 5 nitrogen and oxygen atoms in total. The van der Waals surface area contributed by atoms with E-state index >= 15 is 0 Å². The van der Waals surface area contributed by atoms with E-state index in [2.05, 4.69) is 0 Å². The Labute approximate surface area is 99.2 Å². The van der Waals surface area contributed by atoms with Crippen LogP contribution in [0.15, 0.2) is 24.3 Å². The molecule has 0 aromatic heterocycles. The lowest BCUT2D eigenvalue weighted by Gasteiger charge is -2.33. The predicted molar refractivity (Wildman–Crippen MR) is 60.7 cm³/mol. The molecule has 0 bridgehead atoms. The molecule has 1 aliphatic rings. The number of nitrogens with zero attached hydrogens (tertiary/aromatic N) is 1. The standard InChI is InChI=1S/C12H15NO4/c14-7-9-1-3-10(4-2-9)11-8-17-6-5-13(11)12(15)16/h1-4,11,14H,5-8H2,(H,15,16)/t11-/m0/s1. The molecule has 2 N–H and O–H groups in total. The number of morpholine rings is 1. The lowest BCUT2D eigenvalue weighted by atomic mass is 10.0. The van der Waals surface area contributed by atoms with Gasteiger partial charge in [-0.05, 0) is 11.1 Å². The fourth-order valence-electron chi connectivity index (χ4n) is 1.95. The molecule has 1 heterocycles. The first-order valence-electron chi connectivity index (χ1n) is 5.49. The number of hydrogen-bond acceptors (Lipinski definition) is 3. The molecule has 1 aromatic rings. The second-order valence-electron chi connectivity index (χ2n) is 3.97. The number of aliphatic hydroxyl groups excluding tert-OH is 1. The Hall–Kier alpha value is -1.59. The van der Waals surface area contributed by atoms with Gasteiger partial charge in [-0.3, -0.25) is 4.90 Å².